The van der Waals surface area contributed by atoms with E-state index in [1.165, 1.54) is 7.11 Å². The van der Waals surface area contributed by atoms with Gasteiger partial charge >= 0.3 is 12.1 Å². The Bertz CT molecular complexity index is 1320. The molecule has 10 nitrogen and oxygen atoms in total. The van der Waals surface area contributed by atoms with E-state index in [4.69, 9.17) is 18.9 Å². The highest BCUT2D eigenvalue weighted by atomic mass is 16.7. The van der Waals surface area contributed by atoms with Gasteiger partial charge in [0, 0.05) is 32.2 Å². The van der Waals surface area contributed by atoms with E-state index in [-0.39, 0.29) is 18.7 Å². The summed E-state index contributed by atoms with van der Waals surface area (Å²) in [5, 5.41) is 14.1. The van der Waals surface area contributed by atoms with Crippen LogP contribution in [0.4, 0.5) is 10.5 Å². The van der Waals surface area contributed by atoms with E-state index in [1.54, 1.807) is 31.9 Å². The van der Waals surface area contributed by atoms with Gasteiger partial charge in [-0.2, -0.15) is 0 Å². The minimum absolute atomic E-state index is 0.0316. The van der Waals surface area contributed by atoms with Crippen molar-refractivity contribution in [3.8, 4) is 0 Å². The van der Waals surface area contributed by atoms with Crippen LogP contribution < -0.4 is 10.2 Å². The lowest BCUT2D eigenvalue weighted by atomic mass is 9.83. The Balaban J connectivity index is 1.78. The number of aryl methyl sites for hydroxylation is 1. The molecule has 2 amide bonds. The van der Waals surface area contributed by atoms with Crippen molar-refractivity contribution in [2.75, 3.05) is 19.1 Å². The normalized spacial score (nSPS) is 35.3. The largest absolute Gasteiger partial charge is 0.458 e. The van der Waals surface area contributed by atoms with Crippen LogP contribution in [0.15, 0.2) is 35.9 Å². The summed E-state index contributed by atoms with van der Waals surface area (Å²) in [6.45, 7) is 13.1. The SMILES string of the molecule is CO[C@@H]1/C=C/C=C(\C)Cc2cc(C)c(C)c(c2)N(C)C(=O)C[C@H](OC(=O)C(C)C)[C@]2(C)O[C@H]2[C@H](C)[C@@H]2C[C@@]1(O)NC(=O)O2. The molecule has 0 unspecified atom stereocenters. The zero-order valence-electron chi connectivity index (χ0n) is 26.7. The fraction of sp³-hybridized carbons (Fsp3) is 0.606. The Morgan fingerprint density at radius 2 is 1.91 bits per heavy atom. The zero-order chi connectivity index (χ0) is 31.9. The summed E-state index contributed by atoms with van der Waals surface area (Å²) in [4.78, 5) is 40.9. The van der Waals surface area contributed by atoms with Gasteiger partial charge in [0.15, 0.2) is 5.72 Å². The lowest BCUT2D eigenvalue weighted by molar-refractivity contribution is -0.157. The Morgan fingerprint density at radius 3 is 2.56 bits per heavy atom. The number of methoxy groups -OCH3 is 1. The number of epoxide rings is 1. The number of esters is 1. The molecule has 1 aromatic carbocycles. The first-order valence-corrected chi connectivity index (χ1v) is 14.9. The molecule has 10 heteroatoms. The number of ether oxygens (including phenoxy) is 4. The standard InChI is InChI=1S/C33H46N2O8/c1-18(2)30(37)42-27-16-28(36)35(8)24-15-23(14-20(4)21(24)5)13-19(3)11-10-12-26(40-9)33(39)17-25(41-31(38)34-33)22(6)29-32(27,7)43-29/h10-12,14-15,18,22,25-27,29,39H,13,16-17H2,1-9H3,(H,34,38)/b12-10+,19-11+/t22-,25+,26-,27+,29+,32+,33+/m1/s1. The summed E-state index contributed by atoms with van der Waals surface area (Å²) < 4.78 is 23.4. The molecule has 236 valence electrons. The number of allylic oxidation sites excluding steroid dienone is 3. The van der Waals surface area contributed by atoms with Crippen molar-refractivity contribution in [3.05, 3.63) is 52.6 Å². The smallest absolute Gasteiger partial charge is 0.409 e. The number of aliphatic hydroxyl groups is 1. The van der Waals surface area contributed by atoms with Crippen LogP contribution in [0.5, 0.6) is 0 Å². The molecule has 3 heterocycles. The molecule has 0 spiro atoms. The molecule has 0 saturated carbocycles. The third-order valence-electron chi connectivity index (χ3n) is 9.08. The summed E-state index contributed by atoms with van der Waals surface area (Å²) >= 11 is 0. The minimum Gasteiger partial charge on any atom is -0.458 e. The lowest BCUT2D eigenvalue weighted by Crippen LogP contribution is -2.63. The van der Waals surface area contributed by atoms with E-state index in [9.17, 15) is 19.5 Å². The number of rotatable bonds is 3. The molecule has 2 N–H and O–H groups in total. The van der Waals surface area contributed by atoms with Gasteiger partial charge in [-0.3, -0.25) is 14.9 Å². The fourth-order valence-electron chi connectivity index (χ4n) is 6.11. The van der Waals surface area contributed by atoms with E-state index >= 15 is 0 Å². The van der Waals surface area contributed by atoms with Crippen LogP contribution in [0, 0.1) is 25.7 Å². The molecule has 0 aromatic heterocycles. The second kappa shape index (κ2) is 12.4. The number of alkyl carbamates (subject to hydrolysis) is 1. The maximum atomic E-state index is 13.8. The van der Waals surface area contributed by atoms with Gasteiger partial charge in [0.25, 0.3) is 0 Å². The number of carbonyl (C=O) groups excluding carboxylic acids is 3. The third kappa shape index (κ3) is 6.81. The Morgan fingerprint density at radius 1 is 1.21 bits per heavy atom. The Kier molecular flexibility index (Phi) is 9.44. The lowest BCUT2D eigenvalue weighted by Gasteiger charge is -2.42. The van der Waals surface area contributed by atoms with Crippen LogP contribution >= 0.6 is 0 Å². The molecule has 0 radical (unpaired) electrons. The molecular formula is C33H46N2O8. The van der Waals surface area contributed by atoms with Gasteiger partial charge in [-0.15, -0.1) is 0 Å². The summed E-state index contributed by atoms with van der Waals surface area (Å²) in [5.74, 6) is -1.46. The number of nitrogens with one attached hydrogen (secondary N) is 1. The van der Waals surface area contributed by atoms with Crippen LogP contribution in [-0.2, 0) is 35.0 Å². The molecule has 4 rings (SSSR count). The number of hydrogen-bond acceptors (Lipinski definition) is 8. The van der Waals surface area contributed by atoms with E-state index in [0.29, 0.717) is 6.42 Å². The predicted octanol–water partition coefficient (Wildman–Crippen LogP) is 4.28. The van der Waals surface area contributed by atoms with Gasteiger partial charge in [-0.1, -0.05) is 50.6 Å². The van der Waals surface area contributed by atoms with Gasteiger partial charge < -0.3 is 29.0 Å². The van der Waals surface area contributed by atoms with Crippen LogP contribution in [-0.4, -0.2) is 73.0 Å². The number of anilines is 1. The first kappa shape index (κ1) is 32.7. The summed E-state index contributed by atoms with van der Waals surface area (Å²) in [7, 11) is 3.21. The number of amides is 2. The van der Waals surface area contributed by atoms with Crippen molar-refractivity contribution in [2.45, 2.75) is 103 Å². The minimum atomic E-state index is -1.74. The first-order chi connectivity index (χ1) is 20.1. The topological polar surface area (TPSA) is 127 Å². The van der Waals surface area contributed by atoms with Gasteiger partial charge in [-0.05, 0) is 56.9 Å². The van der Waals surface area contributed by atoms with Crippen LogP contribution in [0.25, 0.3) is 0 Å². The average molecular weight is 599 g/mol. The quantitative estimate of drug-likeness (QED) is 0.390. The van der Waals surface area contributed by atoms with Crippen molar-refractivity contribution in [3.63, 3.8) is 0 Å². The number of carbonyl (C=O) groups is 3. The zero-order valence-corrected chi connectivity index (χ0v) is 26.7. The summed E-state index contributed by atoms with van der Waals surface area (Å²) in [6.07, 6.45) is 2.27. The second-order valence-corrected chi connectivity index (χ2v) is 12.8. The van der Waals surface area contributed by atoms with Crippen molar-refractivity contribution in [1.29, 1.82) is 0 Å². The van der Waals surface area contributed by atoms with E-state index in [2.05, 4.69) is 11.4 Å². The van der Waals surface area contributed by atoms with Gasteiger partial charge in [0.05, 0.1) is 18.4 Å². The molecule has 7 atom stereocenters. The third-order valence-corrected chi connectivity index (χ3v) is 9.08. The first-order valence-electron chi connectivity index (χ1n) is 14.9. The van der Waals surface area contributed by atoms with Crippen molar-refractivity contribution < 1.29 is 38.4 Å². The highest BCUT2D eigenvalue weighted by Crippen LogP contribution is 2.49. The molecule has 1 aromatic rings. The van der Waals surface area contributed by atoms with E-state index < -0.39 is 59.6 Å². The Hall–Kier alpha value is -3.21. The van der Waals surface area contributed by atoms with Crippen LogP contribution in [0.1, 0.15) is 64.2 Å². The number of nitrogens with zero attached hydrogens (tertiary/aromatic N) is 1. The molecule has 4 bridgehead atoms. The van der Waals surface area contributed by atoms with Gasteiger partial charge in [0.1, 0.15) is 23.9 Å². The molecule has 2 saturated heterocycles. The van der Waals surface area contributed by atoms with Crippen molar-refractivity contribution in [1.82, 2.24) is 5.32 Å². The summed E-state index contributed by atoms with van der Waals surface area (Å²) in [6, 6.07) is 4.12. The second-order valence-electron chi connectivity index (χ2n) is 12.8. The number of fused-ring (bicyclic) bond motifs is 5. The molecule has 3 aliphatic heterocycles. The monoisotopic (exact) mass is 598 g/mol. The molecule has 2 fully saturated rings. The number of hydrogen-bond donors (Lipinski definition) is 2. The van der Waals surface area contributed by atoms with E-state index in [0.717, 1.165) is 28.0 Å². The van der Waals surface area contributed by atoms with Crippen molar-refractivity contribution in [2.24, 2.45) is 11.8 Å². The summed E-state index contributed by atoms with van der Waals surface area (Å²) in [5.41, 5.74) is 2.17. The number of benzene rings is 1. The van der Waals surface area contributed by atoms with Crippen LogP contribution in [0.3, 0.4) is 0 Å². The highest BCUT2D eigenvalue weighted by Gasteiger charge is 2.64. The van der Waals surface area contributed by atoms with Gasteiger partial charge in [-0.25, -0.2) is 4.79 Å². The maximum absolute atomic E-state index is 13.8. The fourth-order valence-corrected chi connectivity index (χ4v) is 6.11. The van der Waals surface area contributed by atoms with E-state index in [1.807, 2.05) is 52.8 Å². The average Bonchev–Trinajstić information content (AvgIpc) is 3.62. The van der Waals surface area contributed by atoms with Crippen molar-refractivity contribution >= 4 is 23.7 Å². The van der Waals surface area contributed by atoms with Gasteiger partial charge in [0.2, 0.25) is 5.91 Å². The maximum Gasteiger partial charge on any atom is 0.409 e. The Labute approximate surface area is 254 Å². The predicted molar refractivity (Wildman–Crippen MR) is 161 cm³/mol. The highest BCUT2D eigenvalue weighted by molar-refractivity contribution is 5.94. The molecule has 3 aliphatic rings. The molecule has 43 heavy (non-hydrogen) atoms. The van der Waals surface area contributed by atoms with Crippen LogP contribution in [0.2, 0.25) is 0 Å². The molecular weight excluding hydrogens is 552 g/mol. The molecule has 0 aliphatic carbocycles.